The molecule has 1 aromatic rings. The van der Waals surface area contributed by atoms with Gasteiger partial charge in [-0.2, -0.15) is 0 Å². The Labute approximate surface area is 153 Å². The van der Waals surface area contributed by atoms with Crippen LogP contribution in [-0.2, 0) is 11.3 Å². The summed E-state index contributed by atoms with van der Waals surface area (Å²) >= 11 is 17.5. The quantitative estimate of drug-likeness (QED) is 0.609. The van der Waals surface area contributed by atoms with Gasteiger partial charge in [-0.3, -0.25) is 4.90 Å². The molecule has 1 aliphatic heterocycles. The van der Waals surface area contributed by atoms with Crippen LogP contribution in [0, 0.1) is 0 Å². The summed E-state index contributed by atoms with van der Waals surface area (Å²) in [4.78, 5) is 4.64. The van der Waals surface area contributed by atoms with Crippen molar-refractivity contribution in [2.45, 2.75) is 13.0 Å². The van der Waals surface area contributed by atoms with Gasteiger partial charge < -0.3 is 15.0 Å². The highest BCUT2D eigenvalue weighted by atomic mass is 35.5. The molecule has 23 heavy (non-hydrogen) atoms. The van der Waals surface area contributed by atoms with Gasteiger partial charge in [0.15, 0.2) is 5.11 Å². The highest BCUT2D eigenvalue weighted by Gasteiger charge is 2.18. The second kappa shape index (κ2) is 9.64. The highest BCUT2D eigenvalue weighted by Crippen LogP contribution is 2.23. The minimum Gasteiger partial charge on any atom is -0.385 e. The molecular formula is C16H23Cl2N3OS. The van der Waals surface area contributed by atoms with Gasteiger partial charge in [-0.05, 0) is 36.3 Å². The number of nitrogens with one attached hydrogen (secondary N) is 1. The van der Waals surface area contributed by atoms with Crippen LogP contribution in [0.3, 0.4) is 0 Å². The molecular weight excluding hydrogens is 353 g/mol. The third kappa shape index (κ3) is 6.08. The number of hydrogen-bond donors (Lipinski definition) is 1. The number of methoxy groups -OCH3 is 1. The monoisotopic (exact) mass is 375 g/mol. The molecule has 0 saturated carbocycles. The van der Waals surface area contributed by atoms with Crippen LogP contribution in [0.2, 0.25) is 10.0 Å². The molecule has 0 unspecified atom stereocenters. The van der Waals surface area contributed by atoms with Crippen molar-refractivity contribution in [1.29, 1.82) is 0 Å². The third-order valence-electron chi connectivity index (χ3n) is 3.85. The lowest BCUT2D eigenvalue weighted by Crippen LogP contribution is -2.51. The largest absolute Gasteiger partial charge is 0.385 e. The van der Waals surface area contributed by atoms with Crippen LogP contribution in [0.4, 0.5) is 0 Å². The van der Waals surface area contributed by atoms with Crippen LogP contribution in [0.5, 0.6) is 0 Å². The molecule has 1 fully saturated rings. The highest BCUT2D eigenvalue weighted by molar-refractivity contribution is 7.80. The summed E-state index contributed by atoms with van der Waals surface area (Å²) in [5.74, 6) is 0. The Balaban J connectivity index is 1.73. The Morgan fingerprint density at radius 3 is 2.61 bits per heavy atom. The van der Waals surface area contributed by atoms with Crippen molar-refractivity contribution in [3.05, 3.63) is 33.8 Å². The standard InChI is InChI=1S/C16H23Cl2N3OS/c1-22-10-2-5-19-16(23)21-8-6-20(7-9-21)12-13-3-4-14(17)15(18)11-13/h3-4,11H,2,5-10,12H2,1H3,(H,19,23). The molecule has 1 aliphatic rings. The molecule has 0 amide bonds. The zero-order chi connectivity index (χ0) is 16.7. The van der Waals surface area contributed by atoms with Gasteiger partial charge >= 0.3 is 0 Å². The average Bonchev–Trinajstić information content (AvgIpc) is 2.55. The normalized spacial score (nSPS) is 15.7. The topological polar surface area (TPSA) is 27.7 Å². The Kier molecular flexibility index (Phi) is 7.86. The van der Waals surface area contributed by atoms with E-state index < -0.39 is 0 Å². The number of hydrogen-bond acceptors (Lipinski definition) is 3. The number of benzene rings is 1. The first-order valence-corrected chi connectivity index (χ1v) is 8.94. The molecule has 1 saturated heterocycles. The zero-order valence-electron chi connectivity index (χ0n) is 13.4. The number of thiocarbonyl (C=S) groups is 1. The summed E-state index contributed by atoms with van der Waals surface area (Å²) in [5.41, 5.74) is 1.19. The molecule has 0 bridgehead atoms. The minimum absolute atomic E-state index is 0.602. The van der Waals surface area contributed by atoms with E-state index in [2.05, 4.69) is 15.1 Å². The van der Waals surface area contributed by atoms with Gasteiger partial charge in [-0.1, -0.05) is 29.3 Å². The predicted octanol–water partition coefficient (Wildman–Crippen LogP) is 3.02. The van der Waals surface area contributed by atoms with E-state index in [0.717, 1.165) is 57.4 Å². The Hall–Kier alpha value is -0.590. The molecule has 4 nitrogen and oxygen atoms in total. The number of halogens is 2. The smallest absolute Gasteiger partial charge is 0.169 e. The van der Waals surface area contributed by atoms with E-state index in [4.69, 9.17) is 40.2 Å². The van der Waals surface area contributed by atoms with Gasteiger partial charge in [-0.15, -0.1) is 0 Å². The number of ether oxygens (including phenoxy) is 1. The van der Waals surface area contributed by atoms with Crippen molar-refractivity contribution >= 4 is 40.5 Å². The second-order valence-corrected chi connectivity index (χ2v) is 6.79. The third-order valence-corrected chi connectivity index (χ3v) is 4.99. The summed E-state index contributed by atoms with van der Waals surface area (Å²) in [6.45, 7) is 6.36. The average molecular weight is 376 g/mol. The summed E-state index contributed by atoms with van der Waals surface area (Å²) in [6, 6.07) is 5.83. The maximum atomic E-state index is 6.07. The van der Waals surface area contributed by atoms with Gasteiger partial charge in [-0.25, -0.2) is 0 Å². The van der Waals surface area contributed by atoms with Crippen molar-refractivity contribution in [2.75, 3.05) is 46.4 Å². The van der Waals surface area contributed by atoms with E-state index in [0.29, 0.717) is 10.0 Å². The Bertz CT molecular complexity index is 522. The van der Waals surface area contributed by atoms with Crippen molar-refractivity contribution in [2.24, 2.45) is 0 Å². The zero-order valence-corrected chi connectivity index (χ0v) is 15.7. The van der Waals surface area contributed by atoms with Crippen LogP contribution < -0.4 is 5.32 Å². The molecule has 2 rings (SSSR count). The van der Waals surface area contributed by atoms with Crippen molar-refractivity contribution in [1.82, 2.24) is 15.1 Å². The Morgan fingerprint density at radius 1 is 1.22 bits per heavy atom. The van der Waals surface area contributed by atoms with Crippen molar-refractivity contribution in [3.63, 3.8) is 0 Å². The van der Waals surface area contributed by atoms with E-state index in [1.54, 1.807) is 7.11 Å². The Morgan fingerprint density at radius 2 is 1.96 bits per heavy atom. The number of piperazine rings is 1. The molecule has 7 heteroatoms. The molecule has 0 radical (unpaired) electrons. The minimum atomic E-state index is 0.602. The van der Waals surface area contributed by atoms with Crippen molar-refractivity contribution < 1.29 is 4.74 Å². The molecule has 0 aromatic heterocycles. The SMILES string of the molecule is COCCCNC(=S)N1CCN(Cc2ccc(Cl)c(Cl)c2)CC1. The van der Waals surface area contributed by atoms with E-state index in [-0.39, 0.29) is 0 Å². The summed E-state index contributed by atoms with van der Waals surface area (Å²) in [6.07, 6.45) is 0.966. The van der Waals surface area contributed by atoms with Gasteiger partial charge in [0.05, 0.1) is 10.0 Å². The van der Waals surface area contributed by atoms with Gasteiger partial charge in [0.25, 0.3) is 0 Å². The lowest BCUT2D eigenvalue weighted by atomic mass is 10.2. The van der Waals surface area contributed by atoms with E-state index in [1.165, 1.54) is 5.56 Å². The van der Waals surface area contributed by atoms with E-state index in [1.807, 2.05) is 18.2 Å². The molecule has 1 N–H and O–H groups in total. The molecule has 0 atom stereocenters. The fourth-order valence-electron chi connectivity index (χ4n) is 2.53. The fraction of sp³-hybridized carbons (Fsp3) is 0.562. The molecule has 1 heterocycles. The molecule has 0 aliphatic carbocycles. The lowest BCUT2D eigenvalue weighted by Gasteiger charge is -2.36. The maximum absolute atomic E-state index is 6.07. The first-order valence-electron chi connectivity index (χ1n) is 7.78. The molecule has 1 aromatic carbocycles. The van der Waals surface area contributed by atoms with Crippen LogP contribution in [0.25, 0.3) is 0 Å². The first kappa shape index (κ1) is 18.7. The lowest BCUT2D eigenvalue weighted by molar-refractivity contribution is 0.173. The summed E-state index contributed by atoms with van der Waals surface area (Å²) < 4.78 is 5.03. The summed E-state index contributed by atoms with van der Waals surface area (Å²) in [5, 5.41) is 5.35. The van der Waals surface area contributed by atoms with Crippen LogP contribution in [-0.4, -0.2) is 61.4 Å². The summed E-state index contributed by atoms with van der Waals surface area (Å²) in [7, 11) is 1.71. The molecule has 128 valence electrons. The fourth-order valence-corrected chi connectivity index (χ4v) is 3.13. The van der Waals surface area contributed by atoms with E-state index >= 15 is 0 Å². The van der Waals surface area contributed by atoms with Crippen molar-refractivity contribution in [3.8, 4) is 0 Å². The van der Waals surface area contributed by atoms with Gasteiger partial charge in [0.2, 0.25) is 0 Å². The second-order valence-electron chi connectivity index (χ2n) is 5.59. The van der Waals surface area contributed by atoms with Crippen LogP contribution in [0.15, 0.2) is 18.2 Å². The van der Waals surface area contributed by atoms with E-state index in [9.17, 15) is 0 Å². The van der Waals surface area contributed by atoms with Crippen LogP contribution in [0.1, 0.15) is 12.0 Å². The first-order chi connectivity index (χ1) is 11.1. The molecule has 0 spiro atoms. The van der Waals surface area contributed by atoms with Crippen LogP contribution >= 0.6 is 35.4 Å². The predicted molar refractivity (Wildman–Crippen MR) is 100 cm³/mol. The maximum Gasteiger partial charge on any atom is 0.169 e. The van der Waals surface area contributed by atoms with Gasteiger partial charge in [0, 0.05) is 53.0 Å². The number of rotatable bonds is 6. The van der Waals surface area contributed by atoms with Gasteiger partial charge in [0.1, 0.15) is 0 Å². The number of nitrogens with zero attached hydrogens (tertiary/aromatic N) is 2.